The van der Waals surface area contributed by atoms with Gasteiger partial charge in [-0.3, -0.25) is 4.79 Å². The van der Waals surface area contributed by atoms with Crippen molar-refractivity contribution >= 4 is 34.0 Å². The van der Waals surface area contributed by atoms with E-state index in [0.29, 0.717) is 28.2 Å². The number of esters is 1. The lowest BCUT2D eigenvalue weighted by atomic mass is 10.1. The fourth-order valence-electron chi connectivity index (χ4n) is 2.56. The smallest absolute Gasteiger partial charge is 0.343 e. The monoisotopic (exact) mass is 466 g/mol. The van der Waals surface area contributed by atoms with Gasteiger partial charge in [0.15, 0.2) is 11.5 Å². The van der Waals surface area contributed by atoms with Crippen LogP contribution in [0.4, 0.5) is 0 Å². The summed E-state index contributed by atoms with van der Waals surface area (Å²) in [5.41, 5.74) is 5.12. The zero-order valence-electron chi connectivity index (χ0n) is 16.4. The van der Waals surface area contributed by atoms with Crippen LogP contribution in [0.25, 0.3) is 0 Å². The Morgan fingerprint density at radius 2 is 1.73 bits per heavy atom. The maximum atomic E-state index is 12.3. The van der Waals surface area contributed by atoms with Crippen LogP contribution in [0.5, 0.6) is 11.5 Å². The number of nitrogens with one attached hydrogen (secondary N) is 1. The van der Waals surface area contributed by atoms with E-state index in [2.05, 4.69) is 26.5 Å². The van der Waals surface area contributed by atoms with Gasteiger partial charge in [0.25, 0.3) is 5.91 Å². The molecule has 0 unspecified atom stereocenters. The molecule has 3 aromatic rings. The summed E-state index contributed by atoms with van der Waals surface area (Å²) in [5.74, 6) is -0.143. The van der Waals surface area contributed by atoms with Gasteiger partial charge in [0.1, 0.15) is 0 Å². The zero-order valence-corrected chi connectivity index (χ0v) is 18.0. The lowest BCUT2D eigenvalue weighted by molar-refractivity contribution is 0.0729. The van der Waals surface area contributed by atoms with Crippen LogP contribution in [0.15, 0.2) is 76.3 Å². The molecule has 0 atom stereocenters. The minimum atomic E-state index is -0.476. The molecule has 3 aromatic carbocycles. The van der Waals surface area contributed by atoms with Crippen molar-refractivity contribution in [2.24, 2.45) is 5.10 Å². The number of halogens is 1. The Bertz CT molecular complexity index is 1090. The normalized spacial score (nSPS) is 10.6. The van der Waals surface area contributed by atoms with Gasteiger partial charge >= 0.3 is 5.97 Å². The number of hydrazone groups is 1. The van der Waals surface area contributed by atoms with Crippen molar-refractivity contribution in [1.82, 2.24) is 5.43 Å². The van der Waals surface area contributed by atoms with Gasteiger partial charge in [-0.1, -0.05) is 39.7 Å². The number of aryl methyl sites for hydroxylation is 1. The Hall–Kier alpha value is -3.45. The van der Waals surface area contributed by atoms with Crippen molar-refractivity contribution in [2.45, 2.75) is 6.92 Å². The topological polar surface area (TPSA) is 77.0 Å². The Morgan fingerprint density at radius 1 is 0.967 bits per heavy atom. The molecule has 7 heteroatoms. The van der Waals surface area contributed by atoms with E-state index < -0.39 is 5.97 Å². The molecule has 0 saturated carbocycles. The highest BCUT2D eigenvalue weighted by molar-refractivity contribution is 9.10. The van der Waals surface area contributed by atoms with Gasteiger partial charge < -0.3 is 9.47 Å². The van der Waals surface area contributed by atoms with Gasteiger partial charge in [0.2, 0.25) is 0 Å². The molecule has 0 heterocycles. The Labute approximate surface area is 182 Å². The van der Waals surface area contributed by atoms with Crippen molar-refractivity contribution in [3.63, 3.8) is 0 Å². The first-order chi connectivity index (χ1) is 14.5. The largest absolute Gasteiger partial charge is 0.493 e. The molecule has 0 radical (unpaired) electrons. The molecule has 1 N–H and O–H groups in total. The van der Waals surface area contributed by atoms with Crippen LogP contribution in [0.2, 0.25) is 0 Å². The summed E-state index contributed by atoms with van der Waals surface area (Å²) >= 11 is 3.32. The van der Waals surface area contributed by atoms with E-state index in [9.17, 15) is 9.59 Å². The third-order valence-corrected chi connectivity index (χ3v) is 4.64. The number of benzene rings is 3. The van der Waals surface area contributed by atoms with Gasteiger partial charge in [0.05, 0.1) is 18.9 Å². The SMILES string of the molecule is COc1cc(/C=N/NC(=O)c2cccc(Br)c2)ccc1OC(=O)c1ccc(C)cc1. The third-order valence-electron chi connectivity index (χ3n) is 4.14. The molecule has 0 fully saturated rings. The maximum absolute atomic E-state index is 12.3. The summed E-state index contributed by atoms with van der Waals surface area (Å²) in [6.45, 7) is 1.94. The Kier molecular flexibility index (Phi) is 6.98. The number of hydrogen-bond acceptors (Lipinski definition) is 5. The minimum absolute atomic E-state index is 0.290. The molecule has 152 valence electrons. The van der Waals surface area contributed by atoms with E-state index in [4.69, 9.17) is 9.47 Å². The van der Waals surface area contributed by atoms with E-state index in [1.807, 2.05) is 25.1 Å². The molecule has 0 aromatic heterocycles. The van der Waals surface area contributed by atoms with E-state index in [-0.39, 0.29) is 5.91 Å². The molecule has 0 spiro atoms. The third kappa shape index (κ3) is 5.55. The molecule has 0 aliphatic rings. The molecule has 0 aliphatic carbocycles. The number of amides is 1. The number of methoxy groups -OCH3 is 1. The van der Waals surface area contributed by atoms with Crippen LogP contribution >= 0.6 is 15.9 Å². The quantitative estimate of drug-likeness (QED) is 0.246. The van der Waals surface area contributed by atoms with Gasteiger partial charge in [-0.25, -0.2) is 10.2 Å². The van der Waals surface area contributed by atoms with E-state index in [1.165, 1.54) is 13.3 Å². The predicted molar refractivity (Wildman–Crippen MR) is 118 cm³/mol. The molecule has 30 heavy (non-hydrogen) atoms. The Balaban J connectivity index is 1.67. The van der Waals surface area contributed by atoms with Crippen LogP contribution in [0.3, 0.4) is 0 Å². The Morgan fingerprint density at radius 3 is 2.43 bits per heavy atom. The van der Waals surface area contributed by atoms with Gasteiger partial charge in [0, 0.05) is 10.0 Å². The van der Waals surface area contributed by atoms with Crippen molar-refractivity contribution in [3.8, 4) is 11.5 Å². The number of nitrogens with zero attached hydrogens (tertiary/aromatic N) is 1. The molecule has 1 amide bonds. The van der Waals surface area contributed by atoms with E-state index in [1.54, 1.807) is 48.5 Å². The molecular weight excluding hydrogens is 448 g/mol. The van der Waals surface area contributed by atoms with Gasteiger partial charge in [-0.2, -0.15) is 5.10 Å². The summed E-state index contributed by atoms with van der Waals surface area (Å²) in [7, 11) is 1.48. The molecule has 6 nitrogen and oxygen atoms in total. The highest BCUT2D eigenvalue weighted by Crippen LogP contribution is 2.28. The van der Waals surface area contributed by atoms with Gasteiger partial charge in [-0.05, 0) is 61.0 Å². The summed E-state index contributed by atoms with van der Waals surface area (Å²) in [4.78, 5) is 24.4. The van der Waals surface area contributed by atoms with Crippen LogP contribution in [-0.2, 0) is 0 Å². The fourth-order valence-corrected chi connectivity index (χ4v) is 2.96. The molecule has 0 bridgehead atoms. The molecule has 0 saturated heterocycles. The number of carbonyl (C=O) groups excluding carboxylic acids is 2. The summed E-state index contributed by atoms with van der Waals surface area (Å²) in [6, 6.07) is 19.1. The summed E-state index contributed by atoms with van der Waals surface area (Å²) in [6.07, 6.45) is 1.48. The number of ether oxygens (including phenoxy) is 2. The average Bonchev–Trinajstić information content (AvgIpc) is 2.75. The minimum Gasteiger partial charge on any atom is -0.493 e. The second-order valence-corrected chi connectivity index (χ2v) is 7.29. The average molecular weight is 467 g/mol. The van der Waals surface area contributed by atoms with Gasteiger partial charge in [-0.15, -0.1) is 0 Å². The van der Waals surface area contributed by atoms with Crippen molar-refractivity contribution in [3.05, 3.63) is 93.5 Å². The van der Waals surface area contributed by atoms with Crippen molar-refractivity contribution in [2.75, 3.05) is 7.11 Å². The highest BCUT2D eigenvalue weighted by Gasteiger charge is 2.13. The fraction of sp³-hybridized carbons (Fsp3) is 0.0870. The second-order valence-electron chi connectivity index (χ2n) is 6.38. The van der Waals surface area contributed by atoms with Crippen molar-refractivity contribution < 1.29 is 19.1 Å². The second kappa shape index (κ2) is 9.84. The van der Waals surface area contributed by atoms with E-state index in [0.717, 1.165) is 10.0 Å². The predicted octanol–water partition coefficient (Wildman–Crippen LogP) is 4.75. The standard InChI is InChI=1S/C23H19BrN2O4/c1-15-6-9-17(10-7-15)23(28)30-20-11-8-16(12-21(20)29-2)14-25-26-22(27)18-4-3-5-19(24)13-18/h3-14H,1-2H3,(H,26,27)/b25-14+. The number of carbonyl (C=O) groups is 2. The summed E-state index contributed by atoms with van der Waals surface area (Å²) in [5, 5.41) is 3.97. The molecule has 3 rings (SSSR count). The van der Waals surface area contributed by atoms with Crippen LogP contribution in [0, 0.1) is 6.92 Å². The van der Waals surface area contributed by atoms with Crippen LogP contribution in [0.1, 0.15) is 31.8 Å². The van der Waals surface area contributed by atoms with E-state index >= 15 is 0 Å². The van der Waals surface area contributed by atoms with Crippen molar-refractivity contribution in [1.29, 1.82) is 0 Å². The highest BCUT2D eigenvalue weighted by atomic mass is 79.9. The first-order valence-corrected chi connectivity index (χ1v) is 9.81. The molecule has 0 aliphatic heterocycles. The maximum Gasteiger partial charge on any atom is 0.343 e. The van der Waals surface area contributed by atoms with Crippen LogP contribution < -0.4 is 14.9 Å². The lowest BCUT2D eigenvalue weighted by Crippen LogP contribution is -2.17. The summed E-state index contributed by atoms with van der Waals surface area (Å²) < 4.78 is 11.6. The first-order valence-electron chi connectivity index (χ1n) is 9.02. The lowest BCUT2D eigenvalue weighted by Gasteiger charge is -2.10. The number of rotatable bonds is 6. The zero-order chi connectivity index (χ0) is 21.5. The number of hydrogen-bond donors (Lipinski definition) is 1. The first kappa shape index (κ1) is 21.3. The van der Waals surface area contributed by atoms with Crippen LogP contribution in [-0.4, -0.2) is 25.2 Å². The molecular formula is C23H19BrN2O4.